The van der Waals surface area contributed by atoms with Gasteiger partial charge in [0.15, 0.2) is 0 Å². The van der Waals surface area contributed by atoms with Gasteiger partial charge in [0.25, 0.3) is 0 Å². The van der Waals surface area contributed by atoms with E-state index in [1.165, 1.54) is 5.52 Å². The van der Waals surface area contributed by atoms with E-state index in [4.69, 9.17) is 4.74 Å². The number of rotatable bonds is 4. The van der Waals surface area contributed by atoms with Crippen LogP contribution in [0.1, 0.15) is 18.3 Å². The number of nitrogens with zero attached hydrogens (tertiary/aromatic N) is 2. The van der Waals surface area contributed by atoms with Crippen LogP contribution in [0.2, 0.25) is 0 Å². The quantitative estimate of drug-likeness (QED) is 0.714. The Morgan fingerprint density at radius 1 is 1.05 bits per heavy atom. The van der Waals surface area contributed by atoms with Crippen LogP contribution in [0.4, 0.5) is 0 Å². The number of hydrogen-bond donors (Lipinski definition) is 0. The van der Waals surface area contributed by atoms with Gasteiger partial charge in [0.05, 0.1) is 18.1 Å². The lowest BCUT2D eigenvalue weighted by molar-refractivity contribution is 0.414. The van der Waals surface area contributed by atoms with Crippen molar-refractivity contribution in [3.05, 3.63) is 59.9 Å². The fraction of sp³-hybridized carbons (Fsp3) is 0.167. The summed E-state index contributed by atoms with van der Waals surface area (Å²) in [6, 6.07) is 16.2. The number of imidazole rings is 1. The number of fused-ring (bicyclic) bond motifs is 1. The third-order valence-electron chi connectivity index (χ3n) is 3.55. The van der Waals surface area contributed by atoms with Gasteiger partial charge in [-0.25, -0.2) is 4.98 Å². The summed E-state index contributed by atoms with van der Waals surface area (Å²) < 4.78 is 7.58. The summed E-state index contributed by atoms with van der Waals surface area (Å²) >= 11 is 0. The molecule has 0 radical (unpaired) electrons. The molecule has 0 saturated heterocycles. The number of aromatic nitrogens is 2. The number of para-hydroxylation sites is 3. The molecule has 0 aliphatic carbocycles. The lowest BCUT2D eigenvalue weighted by Gasteiger charge is -2.04. The van der Waals surface area contributed by atoms with Gasteiger partial charge >= 0.3 is 0 Å². The molecule has 1 heterocycles. The molecular weight excluding hydrogens is 260 g/mol. The molecule has 3 aromatic rings. The van der Waals surface area contributed by atoms with Gasteiger partial charge in [0.1, 0.15) is 11.6 Å². The molecule has 0 N–H and O–H groups in total. The molecule has 3 heteroatoms. The third kappa shape index (κ3) is 2.55. The first-order valence-corrected chi connectivity index (χ1v) is 7.10. The van der Waals surface area contributed by atoms with Crippen LogP contribution >= 0.6 is 0 Å². The molecular formula is C18H18N2O. The molecule has 106 valence electrons. The van der Waals surface area contributed by atoms with E-state index < -0.39 is 0 Å². The second-order valence-corrected chi connectivity index (χ2v) is 4.78. The number of aryl methyl sites for hydroxylation is 1. The van der Waals surface area contributed by atoms with Crippen LogP contribution in [0.25, 0.3) is 23.2 Å². The zero-order valence-electron chi connectivity index (χ0n) is 12.3. The van der Waals surface area contributed by atoms with Crippen LogP contribution in [-0.4, -0.2) is 16.7 Å². The Kier molecular flexibility index (Phi) is 3.73. The minimum atomic E-state index is 0.868. The zero-order chi connectivity index (χ0) is 14.7. The van der Waals surface area contributed by atoms with Crippen molar-refractivity contribution in [3.63, 3.8) is 0 Å². The Morgan fingerprint density at radius 3 is 2.62 bits per heavy atom. The minimum absolute atomic E-state index is 0.868. The number of methoxy groups -OCH3 is 1. The van der Waals surface area contributed by atoms with E-state index >= 15 is 0 Å². The molecule has 3 nitrogen and oxygen atoms in total. The molecule has 0 unspecified atom stereocenters. The van der Waals surface area contributed by atoms with Gasteiger partial charge in [-0.1, -0.05) is 30.3 Å². The fourth-order valence-electron chi connectivity index (χ4n) is 2.52. The average molecular weight is 278 g/mol. The van der Waals surface area contributed by atoms with Gasteiger partial charge in [0, 0.05) is 12.1 Å². The van der Waals surface area contributed by atoms with Crippen LogP contribution in [0, 0.1) is 0 Å². The molecule has 0 amide bonds. The number of hydrogen-bond acceptors (Lipinski definition) is 2. The van der Waals surface area contributed by atoms with Gasteiger partial charge in [-0.15, -0.1) is 0 Å². The Bertz CT molecular complexity index is 787. The van der Waals surface area contributed by atoms with Crippen molar-refractivity contribution in [2.24, 2.45) is 0 Å². The van der Waals surface area contributed by atoms with Crippen molar-refractivity contribution in [3.8, 4) is 5.75 Å². The molecule has 0 fully saturated rings. The van der Waals surface area contributed by atoms with E-state index in [2.05, 4.69) is 22.5 Å². The summed E-state index contributed by atoms with van der Waals surface area (Å²) in [5.41, 5.74) is 3.24. The molecule has 0 bridgehead atoms. The topological polar surface area (TPSA) is 27.1 Å². The lowest BCUT2D eigenvalue weighted by atomic mass is 10.2. The Balaban J connectivity index is 2.03. The third-order valence-corrected chi connectivity index (χ3v) is 3.55. The van der Waals surface area contributed by atoms with E-state index in [-0.39, 0.29) is 0 Å². The van der Waals surface area contributed by atoms with E-state index in [0.29, 0.717) is 0 Å². The summed E-state index contributed by atoms with van der Waals surface area (Å²) in [5.74, 6) is 1.83. The highest BCUT2D eigenvalue weighted by Crippen LogP contribution is 2.21. The van der Waals surface area contributed by atoms with E-state index in [9.17, 15) is 0 Å². The SMILES string of the molecule is CCn1c(C=Cc2ccccc2OC)nc2ccccc21. The smallest absolute Gasteiger partial charge is 0.133 e. The Morgan fingerprint density at radius 2 is 1.81 bits per heavy atom. The van der Waals surface area contributed by atoms with Crippen LogP contribution in [0.15, 0.2) is 48.5 Å². The first-order valence-electron chi connectivity index (χ1n) is 7.10. The van der Waals surface area contributed by atoms with Gasteiger partial charge in [-0.3, -0.25) is 0 Å². The van der Waals surface area contributed by atoms with Crippen molar-refractivity contribution in [1.29, 1.82) is 0 Å². The average Bonchev–Trinajstić information content (AvgIpc) is 2.90. The van der Waals surface area contributed by atoms with Crippen molar-refractivity contribution >= 4 is 23.2 Å². The largest absolute Gasteiger partial charge is 0.496 e. The van der Waals surface area contributed by atoms with Gasteiger partial charge < -0.3 is 9.30 Å². The molecule has 1 aromatic heterocycles. The molecule has 0 aliphatic heterocycles. The monoisotopic (exact) mass is 278 g/mol. The highest BCUT2D eigenvalue weighted by molar-refractivity contribution is 5.80. The second kappa shape index (κ2) is 5.83. The summed E-state index contributed by atoms with van der Waals surface area (Å²) in [6.45, 7) is 3.03. The molecule has 2 aromatic carbocycles. The predicted octanol–water partition coefficient (Wildman–Crippen LogP) is 4.24. The van der Waals surface area contributed by atoms with Crippen LogP contribution < -0.4 is 4.74 Å². The maximum Gasteiger partial charge on any atom is 0.133 e. The fourth-order valence-corrected chi connectivity index (χ4v) is 2.52. The second-order valence-electron chi connectivity index (χ2n) is 4.78. The lowest BCUT2D eigenvalue weighted by Crippen LogP contribution is -1.96. The van der Waals surface area contributed by atoms with Crippen molar-refractivity contribution < 1.29 is 4.74 Å². The molecule has 21 heavy (non-hydrogen) atoms. The van der Waals surface area contributed by atoms with E-state index in [1.54, 1.807) is 7.11 Å². The van der Waals surface area contributed by atoms with Crippen LogP contribution in [0.3, 0.4) is 0 Å². The van der Waals surface area contributed by atoms with Crippen molar-refractivity contribution in [2.45, 2.75) is 13.5 Å². The summed E-state index contributed by atoms with van der Waals surface area (Å²) in [6.07, 6.45) is 4.09. The summed E-state index contributed by atoms with van der Waals surface area (Å²) in [7, 11) is 1.69. The first-order chi connectivity index (χ1) is 10.3. The highest BCUT2D eigenvalue weighted by Gasteiger charge is 2.06. The van der Waals surface area contributed by atoms with Gasteiger partial charge in [-0.2, -0.15) is 0 Å². The van der Waals surface area contributed by atoms with Crippen molar-refractivity contribution in [1.82, 2.24) is 9.55 Å². The van der Waals surface area contributed by atoms with E-state index in [0.717, 1.165) is 29.2 Å². The van der Waals surface area contributed by atoms with Gasteiger partial charge in [0.2, 0.25) is 0 Å². The Hall–Kier alpha value is -2.55. The number of benzene rings is 2. The normalized spacial score (nSPS) is 11.3. The highest BCUT2D eigenvalue weighted by atomic mass is 16.5. The summed E-state index contributed by atoms with van der Waals surface area (Å²) in [5, 5.41) is 0. The van der Waals surface area contributed by atoms with Crippen molar-refractivity contribution in [2.75, 3.05) is 7.11 Å². The zero-order valence-corrected chi connectivity index (χ0v) is 12.3. The first kappa shape index (κ1) is 13.4. The van der Waals surface area contributed by atoms with Crippen LogP contribution in [0.5, 0.6) is 5.75 Å². The standard InChI is InChI=1S/C18H18N2O/c1-3-20-16-10-6-5-9-15(16)19-18(20)13-12-14-8-4-7-11-17(14)21-2/h4-13H,3H2,1-2H3. The van der Waals surface area contributed by atoms with Gasteiger partial charge in [-0.05, 0) is 37.3 Å². The molecule has 0 saturated carbocycles. The number of ether oxygens (including phenoxy) is 1. The molecule has 0 atom stereocenters. The maximum absolute atomic E-state index is 5.37. The minimum Gasteiger partial charge on any atom is -0.496 e. The van der Waals surface area contributed by atoms with E-state index in [1.807, 2.05) is 54.6 Å². The maximum atomic E-state index is 5.37. The predicted molar refractivity (Wildman–Crippen MR) is 87.3 cm³/mol. The molecule has 0 spiro atoms. The Labute approximate surface area is 124 Å². The molecule has 0 aliphatic rings. The summed E-state index contributed by atoms with van der Waals surface area (Å²) in [4.78, 5) is 4.69. The van der Waals surface area contributed by atoms with Crippen LogP contribution in [-0.2, 0) is 6.54 Å². The molecule has 3 rings (SSSR count).